The van der Waals surface area contributed by atoms with Crippen molar-refractivity contribution >= 4 is 17.0 Å². The van der Waals surface area contributed by atoms with Gasteiger partial charge in [-0.1, -0.05) is 30.3 Å². The van der Waals surface area contributed by atoms with E-state index >= 15 is 0 Å². The van der Waals surface area contributed by atoms with Crippen LogP contribution in [0.1, 0.15) is 0 Å². The van der Waals surface area contributed by atoms with E-state index in [1.165, 1.54) is 4.68 Å². The summed E-state index contributed by atoms with van der Waals surface area (Å²) in [5, 5.41) is 0. The van der Waals surface area contributed by atoms with Crippen molar-refractivity contribution in [3.63, 3.8) is 0 Å². The zero-order chi connectivity index (χ0) is 15.8. The lowest BCUT2D eigenvalue weighted by Crippen LogP contribution is -2.11. The van der Waals surface area contributed by atoms with E-state index in [4.69, 9.17) is 11.6 Å². The number of hydrogen-bond donors (Lipinski definition) is 2. The second-order valence-electron chi connectivity index (χ2n) is 5.15. The number of rotatable bonds is 2. The predicted molar refractivity (Wildman–Crippen MR) is 90.8 cm³/mol. The summed E-state index contributed by atoms with van der Waals surface area (Å²) in [5.74, 6) is 7.13. The first kappa shape index (κ1) is 13.3. The fraction of sp³-hybridized carbons (Fsp3) is 0. The molecule has 4 aromatic rings. The van der Waals surface area contributed by atoms with Crippen LogP contribution in [0.15, 0.2) is 60.8 Å². The van der Waals surface area contributed by atoms with Crippen molar-refractivity contribution in [2.45, 2.75) is 0 Å². The van der Waals surface area contributed by atoms with Crippen molar-refractivity contribution in [1.29, 1.82) is 0 Å². The summed E-state index contributed by atoms with van der Waals surface area (Å²) in [5.41, 5.74) is 9.80. The van der Waals surface area contributed by atoms with Gasteiger partial charge in [-0.2, -0.15) is 0 Å². The third kappa shape index (κ3) is 2.17. The Morgan fingerprint density at radius 2 is 1.70 bits per heavy atom. The summed E-state index contributed by atoms with van der Waals surface area (Å²) in [4.78, 5) is 13.2. The van der Waals surface area contributed by atoms with Crippen molar-refractivity contribution in [3.05, 3.63) is 60.8 Å². The monoisotopic (exact) mass is 302 g/mol. The Morgan fingerprint density at radius 1 is 0.870 bits per heavy atom. The molecule has 0 saturated carbocycles. The molecule has 1 aromatic carbocycles. The molecule has 3 aromatic heterocycles. The third-order valence-corrected chi connectivity index (χ3v) is 3.69. The standard InChI is InChI=1S/C17H14N6/c18-15-12(7-4-10-20-15)16-22-14-9-8-13(21-17(14)23(16)19)11-5-2-1-3-6-11/h1-10H,19H2,(H2,18,20). The quantitative estimate of drug-likeness (QED) is 0.554. The smallest absolute Gasteiger partial charge is 0.179 e. The normalized spacial score (nSPS) is 11.0. The van der Waals surface area contributed by atoms with Crippen molar-refractivity contribution < 1.29 is 0 Å². The number of fused-ring (bicyclic) bond motifs is 1. The summed E-state index contributed by atoms with van der Waals surface area (Å²) < 4.78 is 1.45. The Balaban J connectivity index is 1.91. The van der Waals surface area contributed by atoms with E-state index in [2.05, 4.69) is 15.0 Å². The molecular weight excluding hydrogens is 288 g/mol. The number of nitrogens with zero attached hydrogens (tertiary/aromatic N) is 4. The lowest BCUT2D eigenvalue weighted by Gasteiger charge is -2.04. The minimum atomic E-state index is 0.387. The topological polar surface area (TPSA) is 95.6 Å². The van der Waals surface area contributed by atoms with E-state index in [1.807, 2.05) is 48.5 Å². The molecule has 0 aliphatic rings. The number of imidazole rings is 1. The number of nitrogens with two attached hydrogens (primary N) is 2. The van der Waals surface area contributed by atoms with Gasteiger partial charge >= 0.3 is 0 Å². The molecule has 4 rings (SSSR count). The van der Waals surface area contributed by atoms with E-state index in [0.717, 1.165) is 11.3 Å². The Hall–Kier alpha value is -3.41. The molecule has 0 amide bonds. The van der Waals surface area contributed by atoms with Crippen LogP contribution in [0.5, 0.6) is 0 Å². The van der Waals surface area contributed by atoms with Gasteiger partial charge in [0.15, 0.2) is 11.5 Å². The fourth-order valence-corrected chi connectivity index (χ4v) is 2.54. The van der Waals surface area contributed by atoms with Crippen molar-refractivity contribution in [3.8, 4) is 22.6 Å². The van der Waals surface area contributed by atoms with E-state index in [9.17, 15) is 0 Å². The Morgan fingerprint density at radius 3 is 2.48 bits per heavy atom. The van der Waals surface area contributed by atoms with Gasteiger partial charge in [-0.15, -0.1) is 0 Å². The zero-order valence-electron chi connectivity index (χ0n) is 12.2. The molecule has 0 bridgehead atoms. The van der Waals surface area contributed by atoms with Gasteiger partial charge < -0.3 is 11.6 Å². The van der Waals surface area contributed by atoms with Crippen molar-refractivity contribution in [2.24, 2.45) is 0 Å². The maximum atomic E-state index is 6.20. The number of nitrogen functional groups attached to an aromatic ring is 2. The van der Waals surface area contributed by atoms with Crippen LogP contribution >= 0.6 is 0 Å². The molecule has 3 heterocycles. The molecule has 0 aliphatic carbocycles. The van der Waals surface area contributed by atoms with Crippen molar-refractivity contribution in [1.82, 2.24) is 19.6 Å². The number of anilines is 1. The molecule has 0 radical (unpaired) electrons. The highest BCUT2D eigenvalue weighted by atomic mass is 15.3. The molecular formula is C17H14N6. The lowest BCUT2D eigenvalue weighted by atomic mass is 10.1. The number of aromatic nitrogens is 4. The molecule has 0 aliphatic heterocycles. The van der Waals surface area contributed by atoms with Crippen LogP contribution in [0.2, 0.25) is 0 Å². The van der Waals surface area contributed by atoms with Crippen LogP contribution < -0.4 is 11.6 Å². The zero-order valence-corrected chi connectivity index (χ0v) is 12.2. The molecule has 0 saturated heterocycles. The van der Waals surface area contributed by atoms with Gasteiger partial charge in [0.05, 0.1) is 11.3 Å². The number of hydrogen-bond acceptors (Lipinski definition) is 5. The van der Waals surface area contributed by atoms with Gasteiger partial charge in [0, 0.05) is 11.8 Å². The van der Waals surface area contributed by atoms with Crippen LogP contribution in [0.4, 0.5) is 5.82 Å². The van der Waals surface area contributed by atoms with Gasteiger partial charge in [0.2, 0.25) is 0 Å². The second kappa shape index (κ2) is 5.10. The molecule has 0 spiro atoms. The molecule has 6 heteroatoms. The average Bonchev–Trinajstić information content (AvgIpc) is 2.92. The molecule has 0 unspecified atom stereocenters. The molecule has 6 nitrogen and oxygen atoms in total. The Labute approximate surface area is 132 Å². The summed E-state index contributed by atoms with van der Waals surface area (Å²) in [6, 6.07) is 17.4. The summed E-state index contributed by atoms with van der Waals surface area (Å²) >= 11 is 0. The highest BCUT2D eigenvalue weighted by Crippen LogP contribution is 2.26. The van der Waals surface area contributed by atoms with Crippen LogP contribution in [0.25, 0.3) is 33.8 Å². The average molecular weight is 302 g/mol. The van der Waals surface area contributed by atoms with Crippen LogP contribution in [-0.2, 0) is 0 Å². The fourth-order valence-electron chi connectivity index (χ4n) is 2.54. The first-order chi connectivity index (χ1) is 11.2. The van der Waals surface area contributed by atoms with Gasteiger partial charge in [-0.3, -0.25) is 0 Å². The molecule has 0 fully saturated rings. The van der Waals surface area contributed by atoms with Crippen LogP contribution in [0, 0.1) is 0 Å². The van der Waals surface area contributed by atoms with Gasteiger partial charge in [-0.05, 0) is 24.3 Å². The third-order valence-electron chi connectivity index (χ3n) is 3.69. The van der Waals surface area contributed by atoms with E-state index in [-0.39, 0.29) is 0 Å². The molecule has 112 valence electrons. The molecule has 23 heavy (non-hydrogen) atoms. The highest BCUT2D eigenvalue weighted by Gasteiger charge is 2.15. The van der Waals surface area contributed by atoms with Gasteiger partial charge in [0.1, 0.15) is 11.3 Å². The summed E-state index contributed by atoms with van der Waals surface area (Å²) in [6.45, 7) is 0. The lowest BCUT2D eigenvalue weighted by molar-refractivity contribution is 1.02. The molecule has 4 N–H and O–H groups in total. The maximum Gasteiger partial charge on any atom is 0.179 e. The number of pyridine rings is 2. The first-order valence-corrected chi connectivity index (χ1v) is 7.15. The first-order valence-electron chi connectivity index (χ1n) is 7.15. The predicted octanol–water partition coefficient (Wildman–Crippen LogP) is 2.46. The SMILES string of the molecule is Nc1ncccc1-c1nc2ccc(-c3ccccc3)nc2n1N. The highest BCUT2D eigenvalue weighted by molar-refractivity contribution is 5.82. The van der Waals surface area contributed by atoms with Crippen molar-refractivity contribution in [2.75, 3.05) is 11.6 Å². The van der Waals surface area contributed by atoms with E-state index in [0.29, 0.717) is 28.4 Å². The van der Waals surface area contributed by atoms with Crippen LogP contribution in [0.3, 0.4) is 0 Å². The van der Waals surface area contributed by atoms with Crippen LogP contribution in [-0.4, -0.2) is 19.6 Å². The largest absolute Gasteiger partial charge is 0.383 e. The molecule has 0 atom stereocenters. The summed E-state index contributed by atoms with van der Waals surface area (Å²) in [6.07, 6.45) is 1.63. The minimum Gasteiger partial charge on any atom is -0.383 e. The minimum absolute atomic E-state index is 0.387. The van der Waals surface area contributed by atoms with Gasteiger partial charge in [0.25, 0.3) is 0 Å². The number of benzene rings is 1. The summed E-state index contributed by atoms with van der Waals surface area (Å²) in [7, 11) is 0. The van der Waals surface area contributed by atoms with E-state index in [1.54, 1.807) is 12.3 Å². The van der Waals surface area contributed by atoms with E-state index < -0.39 is 0 Å². The van der Waals surface area contributed by atoms with Gasteiger partial charge in [-0.25, -0.2) is 19.6 Å². The Bertz CT molecular complexity index is 991. The second-order valence-corrected chi connectivity index (χ2v) is 5.15. The Kier molecular flexibility index (Phi) is 2.94. The maximum absolute atomic E-state index is 6.20.